The molecule has 7 nitrogen and oxygen atoms in total. The standard InChI is InChI=1S/C20H28N4O3S/c1-12(28-19-23-22-16(27-19)11-24-4-2-3-17(24)25)18(26)21-20-8-13-5-14(9-20)7-15(6-13)10-20/h12-15H,2-11H2,1H3,(H,21,26). The summed E-state index contributed by atoms with van der Waals surface area (Å²) in [6, 6.07) is 0. The summed E-state index contributed by atoms with van der Waals surface area (Å²) < 4.78 is 5.68. The number of amides is 2. The Bertz CT molecular complexity index is 744. The lowest BCUT2D eigenvalue weighted by Gasteiger charge is -2.57. The topological polar surface area (TPSA) is 88.3 Å². The van der Waals surface area contributed by atoms with E-state index in [1.54, 1.807) is 4.90 Å². The molecule has 5 aliphatic rings. The third-order valence-corrected chi connectivity index (χ3v) is 7.95. The molecule has 28 heavy (non-hydrogen) atoms. The van der Waals surface area contributed by atoms with Crippen molar-refractivity contribution in [2.24, 2.45) is 17.8 Å². The Labute approximate surface area is 169 Å². The van der Waals surface area contributed by atoms with Gasteiger partial charge < -0.3 is 14.6 Å². The third kappa shape index (κ3) is 3.55. The van der Waals surface area contributed by atoms with Crippen LogP contribution in [0.2, 0.25) is 0 Å². The molecule has 1 unspecified atom stereocenters. The van der Waals surface area contributed by atoms with Crippen LogP contribution in [0.15, 0.2) is 9.64 Å². The quantitative estimate of drug-likeness (QED) is 0.734. The van der Waals surface area contributed by atoms with E-state index < -0.39 is 0 Å². The molecule has 2 heterocycles. The Balaban J connectivity index is 1.17. The van der Waals surface area contributed by atoms with Gasteiger partial charge in [-0.1, -0.05) is 11.8 Å². The molecule has 1 atom stereocenters. The molecule has 8 heteroatoms. The van der Waals surface area contributed by atoms with E-state index in [0.29, 0.717) is 24.1 Å². The van der Waals surface area contributed by atoms with Gasteiger partial charge >= 0.3 is 0 Å². The van der Waals surface area contributed by atoms with E-state index in [1.165, 1.54) is 31.0 Å². The van der Waals surface area contributed by atoms with Gasteiger partial charge in [0.05, 0.1) is 11.8 Å². The predicted molar refractivity (Wildman–Crippen MR) is 103 cm³/mol. The van der Waals surface area contributed by atoms with E-state index in [0.717, 1.165) is 50.0 Å². The predicted octanol–water partition coefficient (Wildman–Crippen LogP) is 2.76. The van der Waals surface area contributed by atoms with Crippen molar-refractivity contribution in [3.05, 3.63) is 5.89 Å². The zero-order valence-corrected chi connectivity index (χ0v) is 17.2. The SMILES string of the molecule is CC(Sc1nnc(CN2CCCC2=O)o1)C(=O)NC12CC3CC(CC(C3)C1)C2. The van der Waals surface area contributed by atoms with Crippen molar-refractivity contribution >= 4 is 23.6 Å². The van der Waals surface area contributed by atoms with Gasteiger partial charge in [0.25, 0.3) is 5.22 Å². The third-order valence-electron chi connectivity index (χ3n) is 7.02. The smallest absolute Gasteiger partial charge is 0.277 e. The first kappa shape index (κ1) is 18.5. The molecule has 0 aromatic carbocycles. The van der Waals surface area contributed by atoms with Crippen LogP contribution in [0.4, 0.5) is 0 Å². The zero-order valence-electron chi connectivity index (χ0n) is 16.4. The van der Waals surface area contributed by atoms with Crippen molar-refractivity contribution in [1.82, 2.24) is 20.4 Å². The Kier molecular flexibility index (Phi) is 4.64. The minimum atomic E-state index is -0.283. The van der Waals surface area contributed by atoms with Crippen molar-refractivity contribution in [1.29, 1.82) is 0 Å². The minimum absolute atomic E-state index is 0.0246. The molecule has 4 bridgehead atoms. The molecule has 4 saturated carbocycles. The summed E-state index contributed by atoms with van der Waals surface area (Å²) in [5, 5.41) is 11.6. The molecule has 2 amide bonds. The van der Waals surface area contributed by atoms with Gasteiger partial charge in [0.2, 0.25) is 17.7 Å². The number of carbonyl (C=O) groups is 2. The van der Waals surface area contributed by atoms with E-state index in [-0.39, 0.29) is 22.6 Å². The van der Waals surface area contributed by atoms with Crippen LogP contribution in [0.3, 0.4) is 0 Å². The molecule has 1 aromatic heterocycles. The summed E-state index contributed by atoms with van der Waals surface area (Å²) in [5.74, 6) is 3.06. The highest BCUT2D eigenvalue weighted by Crippen LogP contribution is 2.55. The van der Waals surface area contributed by atoms with Gasteiger partial charge in [0.1, 0.15) is 0 Å². The van der Waals surface area contributed by atoms with E-state index in [9.17, 15) is 9.59 Å². The number of rotatable bonds is 6. The number of carbonyl (C=O) groups excluding carboxylic acids is 2. The summed E-state index contributed by atoms with van der Waals surface area (Å²) in [6.45, 7) is 3.00. The van der Waals surface area contributed by atoms with Crippen molar-refractivity contribution in [2.75, 3.05) is 6.54 Å². The van der Waals surface area contributed by atoms with Crippen molar-refractivity contribution in [3.8, 4) is 0 Å². The Morgan fingerprint density at radius 3 is 2.54 bits per heavy atom. The highest BCUT2D eigenvalue weighted by Gasteiger charge is 2.51. The van der Waals surface area contributed by atoms with E-state index in [2.05, 4.69) is 15.5 Å². The van der Waals surface area contributed by atoms with Crippen LogP contribution in [-0.4, -0.2) is 44.2 Å². The maximum absolute atomic E-state index is 12.9. The van der Waals surface area contributed by atoms with Crippen LogP contribution in [0.25, 0.3) is 0 Å². The van der Waals surface area contributed by atoms with E-state index >= 15 is 0 Å². The average Bonchev–Trinajstić information content (AvgIpc) is 3.23. The van der Waals surface area contributed by atoms with Crippen molar-refractivity contribution in [3.63, 3.8) is 0 Å². The summed E-state index contributed by atoms with van der Waals surface area (Å²) in [6.07, 6.45) is 9.02. The largest absolute Gasteiger partial charge is 0.414 e. The first-order valence-corrected chi connectivity index (χ1v) is 11.4. The Morgan fingerprint density at radius 2 is 1.93 bits per heavy atom. The molecule has 1 aromatic rings. The maximum Gasteiger partial charge on any atom is 0.277 e. The molecule has 0 radical (unpaired) electrons. The number of nitrogens with one attached hydrogen (secondary N) is 1. The van der Waals surface area contributed by atoms with Gasteiger partial charge in [-0.2, -0.15) is 0 Å². The summed E-state index contributed by atoms with van der Waals surface area (Å²) in [7, 11) is 0. The lowest BCUT2D eigenvalue weighted by molar-refractivity contribution is -0.128. The molecular formula is C20H28N4O3S. The fraction of sp³-hybridized carbons (Fsp3) is 0.800. The van der Waals surface area contributed by atoms with Crippen LogP contribution in [-0.2, 0) is 16.1 Å². The monoisotopic (exact) mass is 404 g/mol. The molecule has 1 aliphatic heterocycles. The number of nitrogens with zero attached hydrogens (tertiary/aromatic N) is 3. The molecule has 1 N–H and O–H groups in total. The first-order chi connectivity index (χ1) is 13.5. The van der Waals surface area contributed by atoms with Crippen LogP contribution in [0, 0.1) is 17.8 Å². The lowest BCUT2D eigenvalue weighted by atomic mass is 9.53. The van der Waals surface area contributed by atoms with Crippen LogP contribution >= 0.6 is 11.8 Å². The van der Waals surface area contributed by atoms with Gasteiger partial charge in [-0.3, -0.25) is 9.59 Å². The van der Waals surface area contributed by atoms with E-state index in [1.807, 2.05) is 6.92 Å². The van der Waals surface area contributed by atoms with Gasteiger partial charge in [-0.05, 0) is 69.6 Å². The van der Waals surface area contributed by atoms with Crippen molar-refractivity contribution in [2.45, 2.75) is 80.8 Å². The second-order valence-electron chi connectivity index (χ2n) is 9.33. The number of hydrogen-bond donors (Lipinski definition) is 1. The summed E-state index contributed by atoms with van der Waals surface area (Å²) in [5.41, 5.74) is 0.0246. The molecule has 152 valence electrons. The van der Waals surface area contributed by atoms with Gasteiger partial charge in [-0.25, -0.2) is 0 Å². The highest BCUT2D eigenvalue weighted by atomic mass is 32.2. The molecule has 6 rings (SSSR count). The van der Waals surface area contributed by atoms with Crippen molar-refractivity contribution < 1.29 is 14.0 Å². The van der Waals surface area contributed by atoms with Crippen LogP contribution in [0.5, 0.6) is 0 Å². The molecule has 1 saturated heterocycles. The number of thioether (sulfide) groups is 1. The molecule has 5 fully saturated rings. The first-order valence-electron chi connectivity index (χ1n) is 10.6. The average molecular weight is 405 g/mol. The Hall–Kier alpha value is -1.57. The fourth-order valence-corrected chi connectivity index (χ4v) is 6.92. The second kappa shape index (κ2) is 7.04. The normalized spacial score (nSPS) is 34.8. The minimum Gasteiger partial charge on any atom is -0.414 e. The Morgan fingerprint density at radius 1 is 1.25 bits per heavy atom. The summed E-state index contributed by atoms with van der Waals surface area (Å²) in [4.78, 5) is 26.4. The van der Waals surface area contributed by atoms with E-state index in [4.69, 9.17) is 4.42 Å². The number of likely N-dealkylation sites (tertiary alicyclic amines) is 1. The second-order valence-corrected chi connectivity index (χ2v) is 10.6. The van der Waals surface area contributed by atoms with Crippen LogP contribution in [0.1, 0.15) is 64.2 Å². The summed E-state index contributed by atoms with van der Waals surface area (Å²) >= 11 is 1.30. The molecule has 0 spiro atoms. The lowest BCUT2D eigenvalue weighted by Crippen LogP contribution is -2.60. The van der Waals surface area contributed by atoms with Gasteiger partial charge in [0, 0.05) is 18.5 Å². The zero-order chi connectivity index (χ0) is 19.3. The fourth-order valence-electron chi connectivity index (χ4n) is 6.22. The maximum atomic E-state index is 12.9. The molecule has 4 aliphatic carbocycles. The van der Waals surface area contributed by atoms with Gasteiger partial charge in [-0.15, -0.1) is 10.2 Å². The number of hydrogen-bond acceptors (Lipinski definition) is 6. The highest BCUT2D eigenvalue weighted by molar-refractivity contribution is 8.00. The van der Waals surface area contributed by atoms with Gasteiger partial charge in [0.15, 0.2) is 0 Å². The number of aromatic nitrogens is 2. The van der Waals surface area contributed by atoms with Crippen LogP contribution < -0.4 is 5.32 Å². The molecular weight excluding hydrogens is 376 g/mol.